The Balaban J connectivity index is 3.20. The quantitative estimate of drug-likeness (QED) is 0.582. The van der Waals surface area contributed by atoms with Gasteiger partial charge in [-0.3, -0.25) is 0 Å². The van der Waals surface area contributed by atoms with Gasteiger partial charge in [0.1, 0.15) is 0 Å². The molecule has 1 heterocycles. The number of hydrogen-bond donors (Lipinski definition) is 0. The Morgan fingerprint density at radius 2 is 1.77 bits per heavy atom. The van der Waals surface area contributed by atoms with Crippen molar-refractivity contribution in [2.45, 2.75) is 46.1 Å². The second-order valence-electron chi connectivity index (χ2n) is 4.82. The first-order valence-electron chi connectivity index (χ1n) is 4.94. The second kappa shape index (κ2) is 3.49. The summed E-state index contributed by atoms with van der Waals surface area (Å²) in [5.41, 5.74) is 1.58. The Kier molecular flexibility index (Phi) is 2.74. The molecule has 13 heavy (non-hydrogen) atoms. The predicted octanol–water partition coefficient (Wildman–Crippen LogP) is 2.85. The highest BCUT2D eigenvalue weighted by Gasteiger charge is 2.25. The third kappa shape index (κ3) is 2.30. The lowest BCUT2D eigenvalue weighted by Crippen LogP contribution is -2.53. The van der Waals surface area contributed by atoms with Crippen LogP contribution >= 0.6 is 0 Å². The molecule has 0 aliphatic carbocycles. The summed E-state index contributed by atoms with van der Waals surface area (Å²) in [7, 11) is 0. The largest absolute Gasteiger partial charge is 0.198 e. The van der Waals surface area contributed by atoms with Gasteiger partial charge in [0.15, 0.2) is 17.4 Å². The van der Waals surface area contributed by atoms with E-state index in [4.69, 9.17) is 0 Å². The van der Waals surface area contributed by atoms with E-state index in [2.05, 4.69) is 63.6 Å². The molecule has 0 saturated heterocycles. The Morgan fingerprint density at radius 1 is 1.15 bits per heavy atom. The SMILES string of the molecule is CC(C)c1cccc[n+]1C(C)(C)C. The van der Waals surface area contributed by atoms with Crippen LogP contribution in [0, 0.1) is 0 Å². The summed E-state index contributed by atoms with van der Waals surface area (Å²) in [6.07, 6.45) is 2.16. The number of pyridine rings is 1. The van der Waals surface area contributed by atoms with Crippen LogP contribution in [0.3, 0.4) is 0 Å². The third-order valence-corrected chi connectivity index (χ3v) is 2.21. The molecule has 0 N–H and O–H groups in total. The first kappa shape index (κ1) is 10.2. The predicted molar refractivity (Wildman–Crippen MR) is 55.7 cm³/mol. The molecule has 1 nitrogen and oxygen atoms in total. The molecule has 1 heteroatoms. The van der Waals surface area contributed by atoms with Crippen LogP contribution in [0.1, 0.15) is 46.2 Å². The van der Waals surface area contributed by atoms with Gasteiger partial charge in [0.05, 0.1) is 0 Å². The van der Waals surface area contributed by atoms with Gasteiger partial charge in [-0.1, -0.05) is 19.9 Å². The molecule has 72 valence electrons. The minimum absolute atomic E-state index is 0.181. The molecule has 0 bridgehead atoms. The van der Waals surface area contributed by atoms with Crippen LogP contribution in [0.25, 0.3) is 0 Å². The van der Waals surface area contributed by atoms with Gasteiger partial charge in [0, 0.05) is 38.8 Å². The maximum Gasteiger partial charge on any atom is 0.184 e. The molecule has 1 rings (SSSR count). The van der Waals surface area contributed by atoms with E-state index in [-0.39, 0.29) is 5.54 Å². The minimum atomic E-state index is 0.181. The van der Waals surface area contributed by atoms with Crippen molar-refractivity contribution < 1.29 is 4.57 Å². The lowest BCUT2D eigenvalue weighted by atomic mass is 10.0. The molecule has 0 saturated carbocycles. The zero-order valence-corrected chi connectivity index (χ0v) is 9.33. The molecule has 0 unspecified atom stereocenters. The van der Waals surface area contributed by atoms with Crippen LogP contribution in [0.2, 0.25) is 0 Å². The van der Waals surface area contributed by atoms with Gasteiger partial charge in [0.2, 0.25) is 0 Å². The molecule has 0 aromatic carbocycles. The average Bonchev–Trinajstić information content (AvgIpc) is 2.03. The van der Waals surface area contributed by atoms with E-state index < -0.39 is 0 Å². The number of hydrogen-bond acceptors (Lipinski definition) is 0. The van der Waals surface area contributed by atoms with E-state index in [0.717, 1.165) is 0 Å². The van der Waals surface area contributed by atoms with Gasteiger partial charge in [-0.05, 0) is 0 Å². The normalized spacial score (nSPS) is 12.2. The lowest BCUT2D eigenvalue weighted by Gasteiger charge is -2.17. The molecule has 0 aliphatic heterocycles. The third-order valence-electron chi connectivity index (χ3n) is 2.21. The summed E-state index contributed by atoms with van der Waals surface area (Å²) < 4.78 is 2.34. The summed E-state index contributed by atoms with van der Waals surface area (Å²) >= 11 is 0. The zero-order chi connectivity index (χ0) is 10.1. The highest BCUT2D eigenvalue weighted by atomic mass is 15.0. The van der Waals surface area contributed by atoms with Crippen molar-refractivity contribution in [2.24, 2.45) is 0 Å². The van der Waals surface area contributed by atoms with Crippen LogP contribution in [0.15, 0.2) is 24.4 Å². The number of nitrogens with zero attached hydrogens (tertiary/aromatic N) is 1. The summed E-state index contributed by atoms with van der Waals surface area (Å²) in [6.45, 7) is 11.2. The Hall–Kier alpha value is -0.850. The van der Waals surface area contributed by atoms with Crippen molar-refractivity contribution in [1.29, 1.82) is 0 Å². The van der Waals surface area contributed by atoms with Crippen LogP contribution < -0.4 is 4.57 Å². The fraction of sp³-hybridized carbons (Fsp3) is 0.583. The first-order valence-corrected chi connectivity index (χ1v) is 4.94. The monoisotopic (exact) mass is 178 g/mol. The molecule has 0 atom stereocenters. The molecular weight excluding hydrogens is 158 g/mol. The van der Waals surface area contributed by atoms with Crippen molar-refractivity contribution in [3.8, 4) is 0 Å². The molecule has 1 aromatic rings. The molecule has 0 fully saturated rings. The molecule has 0 aliphatic rings. The first-order chi connectivity index (χ1) is 5.93. The zero-order valence-electron chi connectivity index (χ0n) is 9.33. The fourth-order valence-electron chi connectivity index (χ4n) is 1.54. The standard InChI is InChI=1S/C12H20N/c1-10(2)11-8-6-7-9-13(11)12(3,4)5/h6-10H,1-5H3/q+1. The molecular formula is C12H20N+. The second-order valence-corrected chi connectivity index (χ2v) is 4.82. The van der Waals surface area contributed by atoms with Crippen LogP contribution in [0.5, 0.6) is 0 Å². The van der Waals surface area contributed by atoms with Crippen molar-refractivity contribution in [3.63, 3.8) is 0 Å². The van der Waals surface area contributed by atoms with Crippen molar-refractivity contribution >= 4 is 0 Å². The summed E-state index contributed by atoms with van der Waals surface area (Å²) in [5, 5.41) is 0. The average molecular weight is 178 g/mol. The maximum atomic E-state index is 2.34. The van der Waals surface area contributed by atoms with Crippen LogP contribution in [-0.4, -0.2) is 0 Å². The highest BCUT2D eigenvalue weighted by Crippen LogP contribution is 2.13. The van der Waals surface area contributed by atoms with Crippen LogP contribution in [0.4, 0.5) is 0 Å². The summed E-state index contributed by atoms with van der Waals surface area (Å²) in [5.74, 6) is 0.584. The highest BCUT2D eigenvalue weighted by molar-refractivity contribution is 5.01. The van der Waals surface area contributed by atoms with Crippen molar-refractivity contribution in [2.75, 3.05) is 0 Å². The molecule has 0 radical (unpaired) electrons. The Labute approximate surface area is 81.4 Å². The van der Waals surface area contributed by atoms with Gasteiger partial charge >= 0.3 is 0 Å². The minimum Gasteiger partial charge on any atom is -0.198 e. The van der Waals surface area contributed by atoms with E-state index in [1.807, 2.05) is 0 Å². The number of aromatic nitrogens is 1. The van der Waals surface area contributed by atoms with Gasteiger partial charge in [-0.2, -0.15) is 4.57 Å². The van der Waals surface area contributed by atoms with Gasteiger partial charge in [-0.25, -0.2) is 0 Å². The topological polar surface area (TPSA) is 3.88 Å². The van der Waals surface area contributed by atoms with E-state index in [0.29, 0.717) is 5.92 Å². The summed E-state index contributed by atoms with van der Waals surface area (Å²) in [4.78, 5) is 0. The van der Waals surface area contributed by atoms with Gasteiger partial charge in [-0.15, -0.1) is 0 Å². The molecule has 1 aromatic heterocycles. The van der Waals surface area contributed by atoms with Gasteiger partial charge < -0.3 is 0 Å². The number of rotatable bonds is 1. The fourth-order valence-corrected chi connectivity index (χ4v) is 1.54. The van der Waals surface area contributed by atoms with E-state index in [9.17, 15) is 0 Å². The lowest BCUT2D eigenvalue weighted by molar-refractivity contribution is -0.761. The van der Waals surface area contributed by atoms with E-state index in [1.54, 1.807) is 0 Å². The smallest absolute Gasteiger partial charge is 0.184 e. The van der Waals surface area contributed by atoms with E-state index >= 15 is 0 Å². The summed E-state index contributed by atoms with van der Waals surface area (Å²) in [6, 6.07) is 6.41. The van der Waals surface area contributed by atoms with Crippen LogP contribution in [-0.2, 0) is 5.54 Å². The van der Waals surface area contributed by atoms with Crippen molar-refractivity contribution in [3.05, 3.63) is 30.1 Å². The molecule has 0 amide bonds. The molecule has 0 spiro atoms. The van der Waals surface area contributed by atoms with Gasteiger partial charge in [0.25, 0.3) is 0 Å². The Bertz CT molecular complexity index is 281. The van der Waals surface area contributed by atoms with Crippen molar-refractivity contribution in [1.82, 2.24) is 0 Å². The maximum absolute atomic E-state index is 2.34. The van der Waals surface area contributed by atoms with E-state index in [1.165, 1.54) is 5.69 Å². The Morgan fingerprint density at radius 3 is 2.15 bits per heavy atom.